The van der Waals surface area contributed by atoms with Crippen LogP contribution in [0, 0.1) is 6.92 Å². The second-order valence-corrected chi connectivity index (χ2v) is 8.55. The Morgan fingerprint density at radius 2 is 2.00 bits per heavy atom. The summed E-state index contributed by atoms with van der Waals surface area (Å²) in [5.74, 6) is 1.55. The number of thioether (sulfide) groups is 1. The van der Waals surface area contributed by atoms with Crippen molar-refractivity contribution in [2.75, 3.05) is 12.4 Å². The fourth-order valence-electron chi connectivity index (χ4n) is 3.09. The molecular weight excluding hydrogens is 366 g/mol. The third kappa shape index (κ3) is 2.91. The number of aryl methyl sites for hydroxylation is 1. The number of hydrogen-bond donors (Lipinski definition) is 1. The number of fused-ring (bicyclic) bond motifs is 1. The van der Waals surface area contributed by atoms with E-state index in [4.69, 9.17) is 9.84 Å². The molecule has 0 bridgehead atoms. The molecule has 2 unspecified atom stereocenters. The van der Waals surface area contributed by atoms with Crippen LogP contribution >= 0.6 is 23.1 Å². The van der Waals surface area contributed by atoms with Crippen molar-refractivity contribution >= 4 is 34.8 Å². The number of nitrogens with zero attached hydrogens (tertiary/aromatic N) is 2. The number of aromatic nitrogens is 2. The van der Waals surface area contributed by atoms with E-state index < -0.39 is 0 Å². The van der Waals surface area contributed by atoms with Crippen LogP contribution in [0.15, 0.2) is 41.8 Å². The van der Waals surface area contributed by atoms with Crippen molar-refractivity contribution < 1.29 is 9.53 Å². The van der Waals surface area contributed by atoms with Crippen molar-refractivity contribution in [1.82, 2.24) is 9.78 Å². The van der Waals surface area contributed by atoms with Gasteiger partial charge in [0.2, 0.25) is 5.91 Å². The molecule has 1 aliphatic heterocycles. The molecule has 0 spiro atoms. The highest BCUT2D eigenvalue weighted by molar-refractivity contribution is 8.01. The molecule has 7 heteroatoms. The lowest BCUT2D eigenvalue weighted by Gasteiger charge is -2.15. The second kappa shape index (κ2) is 6.81. The Morgan fingerprint density at radius 3 is 2.65 bits per heavy atom. The molecule has 0 radical (unpaired) electrons. The molecule has 0 fully saturated rings. The molecule has 1 aromatic carbocycles. The van der Waals surface area contributed by atoms with Gasteiger partial charge in [-0.15, -0.1) is 23.1 Å². The topological polar surface area (TPSA) is 56.1 Å². The molecule has 26 heavy (non-hydrogen) atoms. The van der Waals surface area contributed by atoms with Crippen LogP contribution in [0.5, 0.6) is 5.75 Å². The van der Waals surface area contributed by atoms with Gasteiger partial charge in [-0.05, 0) is 49.6 Å². The standard InChI is InChI=1S/C19H19N3O2S2/c1-11-16-17(15-5-4-10-25-15)26-12(2)19(23)20-18(16)22(21-11)13-6-8-14(24-3)9-7-13/h4-10,12,17H,1-3H3,(H,20,23). The largest absolute Gasteiger partial charge is 0.497 e. The molecular formula is C19H19N3O2S2. The Hall–Kier alpha value is -2.25. The van der Waals surface area contributed by atoms with Gasteiger partial charge in [0.1, 0.15) is 11.6 Å². The maximum absolute atomic E-state index is 12.6. The second-order valence-electron chi connectivity index (χ2n) is 6.12. The lowest BCUT2D eigenvalue weighted by atomic mass is 10.1. The number of benzene rings is 1. The van der Waals surface area contributed by atoms with E-state index >= 15 is 0 Å². The first kappa shape index (κ1) is 17.2. The monoisotopic (exact) mass is 385 g/mol. The third-order valence-corrected chi connectivity index (χ3v) is 6.91. The molecule has 4 rings (SSSR count). The molecule has 3 aromatic rings. The molecule has 1 amide bonds. The van der Waals surface area contributed by atoms with Gasteiger partial charge in [0.15, 0.2) is 0 Å². The van der Waals surface area contributed by atoms with Gasteiger partial charge < -0.3 is 10.1 Å². The summed E-state index contributed by atoms with van der Waals surface area (Å²) in [6, 6.07) is 11.8. The summed E-state index contributed by atoms with van der Waals surface area (Å²) < 4.78 is 7.06. The minimum absolute atomic E-state index is 0.00460. The zero-order chi connectivity index (χ0) is 18.3. The summed E-state index contributed by atoms with van der Waals surface area (Å²) in [6.07, 6.45) is 0. The van der Waals surface area contributed by atoms with Crippen LogP contribution in [0.4, 0.5) is 5.82 Å². The van der Waals surface area contributed by atoms with Crippen molar-refractivity contribution in [3.05, 3.63) is 57.9 Å². The first-order chi connectivity index (χ1) is 12.6. The lowest BCUT2D eigenvalue weighted by Crippen LogP contribution is -2.22. The molecule has 3 heterocycles. The quantitative estimate of drug-likeness (QED) is 0.725. The minimum atomic E-state index is -0.141. The summed E-state index contributed by atoms with van der Waals surface area (Å²) >= 11 is 3.38. The average molecular weight is 386 g/mol. The Balaban J connectivity index is 1.87. The summed E-state index contributed by atoms with van der Waals surface area (Å²) in [5.41, 5.74) is 2.89. The van der Waals surface area contributed by atoms with Crippen molar-refractivity contribution in [3.8, 4) is 11.4 Å². The smallest absolute Gasteiger partial charge is 0.238 e. The average Bonchev–Trinajstić information content (AvgIpc) is 3.26. The molecule has 2 aromatic heterocycles. The SMILES string of the molecule is COc1ccc(-n2nc(C)c3c2NC(=O)C(C)SC3c2cccs2)cc1. The van der Waals surface area contributed by atoms with Crippen LogP contribution < -0.4 is 10.1 Å². The molecule has 134 valence electrons. The molecule has 1 aliphatic rings. The summed E-state index contributed by atoms with van der Waals surface area (Å²) in [7, 11) is 1.64. The van der Waals surface area contributed by atoms with E-state index in [-0.39, 0.29) is 16.4 Å². The zero-order valence-electron chi connectivity index (χ0n) is 14.7. The molecule has 0 saturated carbocycles. The molecule has 2 atom stereocenters. The highest BCUT2D eigenvalue weighted by Crippen LogP contribution is 2.47. The Bertz CT molecular complexity index is 933. The van der Waals surface area contributed by atoms with Crippen molar-refractivity contribution in [3.63, 3.8) is 0 Å². The van der Waals surface area contributed by atoms with E-state index in [2.05, 4.69) is 16.8 Å². The van der Waals surface area contributed by atoms with Gasteiger partial charge >= 0.3 is 0 Å². The number of hydrogen-bond acceptors (Lipinski definition) is 5. The predicted molar refractivity (Wildman–Crippen MR) is 107 cm³/mol. The molecule has 0 aliphatic carbocycles. The number of thiophene rings is 1. The Morgan fingerprint density at radius 1 is 1.23 bits per heavy atom. The van der Waals surface area contributed by atoms with E-state index in [1.54, 1.807) is 30.2 Å². The number of carbonyl (C=O) groups is 1. The fraction of sp³-hybridized carbons (Fsp3) is 0.263. The highest BCUT2D eigenvalue weighted by Gasteiger charge is 2.34. The normalized spacial score (nSPS) is 19.6. The molecule has 1 N–H and O–H groups in total. The number of nitrogens with one attached hydrogen (secondary N) is 1. The molecule has 5 nitrogen and oxygen atoms in total. The maximum Gasteiger partial charge on any atom is 0.238 e. The van der Waals surface area contributed by atoms with Crippen molar-refractivity contribution in [1.29, 1.82) is 0 Å². The summed E-state index contributed by atoms with van der Waals surface area (Å²) in [5, 5.41) is 9.85. The summed E-state index contributed by atoms with van der Waals surface area (Å²) in [4.78, 5) is 13.8. The Labute approximate surface area is 160 Å². The number of ether oxygens (including phenoxy) is 1. The number of amides is 1. The van der Waals surface area contributed by atoms with E-state index in [1.807, 2.05) is 48.9 Å². The first-order valence-electron chi connectivity index (χ1n) is 8.32. The predicted octanol–water partition coefficient (Wildman–Crippen LogP) is 4.41. The fourth-order valence-corrected chi connectivity index (χ4v) is 5.35. The lowest BCUT2D eigenvalue weighted by molar-refractivity contribution is -0.115. The van der Waals surface area contributed by atoms with Crippen LogP contribution in [0.1, 0.15) is 28.3 Å². The maximum atomic E-state index is 12.6. The van der Waals surface area contributed by atoms with Gasteiger partial charge in [0.25, 0.3) is 0 Å². The van der Waals surface area contributed by atoms with Crippen LogP contribution in [0.25, 0.3) is 5.69 Å². The van der Waals surface area contributed by atoms with Crippen molar-refractivity contribution in [2.45, 2.75) is 24.3 Å². The minimum Gasteiger partial charge on any atom is -0.497 e. The van der Waals surface area contributed by atoms with Crippen LogP contribution in [0.2, 0.25) is 0 Å². The van der Waals surface area contributed by atoms with Gasteiger partial charge in [-0.3, -0.25) is 4.79 Å². The number of rotatable bonds is 3. The molecule has 0 saturated heterocycles. The van der Waals surface area contributed by atoms with E-state index in [0.717, 1.165) is 28.5 Å². The Kier molecular flexibility index (Phi) is 4.50. The van der Waals surface area contributed by atoms with Gasteiger partial charge in [-0.2, -0.15) is 5.10 Å². The van der Waals surface area contributed by atoms with Crippen molar-refractivity contribution in [2.24, 2.45) is 0 Å². The van der Waals surface area contributed by atoms with Gasteiger partial charge in [-0.25, -0.2) is 4.68 Å². The van der Waals surface area contributed by atoms with E-state index in [0.29, 0.717) is 0 Å². The number of anilines is 1. The highest BCUT2D eigenvalue weighted by atomic mass is 32.2. The van der Waals surface area contributed by atoms with Crippen LogP contribution in [-0.4, -0.2) is 28.0 Å². The van der Waals surface area contributed by atoms with Gasteiger partial charge in [0.05, 0.1) is 29.0 Å². The van der Waals surface area contributed by atoms with Crippen LogP contribution in [0.3, 0.4) is 0 Å². The van der Waals surface area contributed by atoms with E-state index in [9.17, 15) is 4.79 Å². The van der Waals surface area contributed by atoms with Gasteiger partial charge in [0, 0.05) is 10.4 Å². The number of carbonyl (C=O) groups excluding carboxylic acids is 1. The first-order valence-corrected chi connectivity index (χ1v) is 10.1. The number of methoxy groups -OCH3 is 1. The van der Waals surface area contributed by atoms with Crippen LogP contribution in [-0.2, 0) is 4.79 Å². The zero-order valence-corrected chi connectivity index (χ0v) is 16.4. The van der Waals surface area contributed by atoms with Gasteiger partial charge in [-0.1, -0.05) is 6.07 Å². The third-order valence-electron chi connectivity index (χ3n) is 4.44. The summed E-state index contributed by atoms with van der Waals surface area (Å²) in [6.45, 7) is 3.95. The van der Waals surface area contributed by atoms with E-state index in [1.165, 1.54) is 4.88 Å².